The van der Waals surface area contributed by atoms with Gasteiger partial charge in [-0.3, -0.25) is 0 Å². The number of hydrogen-bond acceptors (Lipinski definition) is 2. The van der Waals surface area contributed by atoms with Crippen LogP contribution in [0.5, 0.6) is 0 Å². The van der Waals surface area contributed by atoms with Crippen LogP contribution in [0.1, 0.15) is 29.2 Å². The summed E-state index contributed by atoms with van der Waals surface area (Å²) in [5, 5.41) is 9.78. The third-order valence-electron chi connectivity index (χ3n) is 2.62. The number of benzene rings is 1. The first kappa shape index (κ1) is 9.00. The van der Waals surface area contributed by atoms with Crippen molar-refractivity contribution in [3.63, 3.8) is 0 Å². The first-order valence-corrected chi connectivity index (χ1v) is 4.78. The predicted molar refractivity (Wildman–Crippen MR) is 52.6 cm³/mol. The molecule has 1 aromatic carbocycles. The van der Waals surface area contributed by atoms with Gasteiger partial charge >= 0.3 is 0 Å². The molecule has 1 atom stereocenters. The van der Waals surface area contributed by atoms with Crippen molar-refractivity contribution in [2.45, 2.75) is 25.5 Å². The van der Waals surface area contributed by atoms with Gasteiger partial charge in [-0.1, -0.05) is 11.6 Å². The highest BCUT2D eigenvalue weighted by molar-refractivity contribution is 6.30. The number of rotatable bonds is 1. The van der Waals surface area contributed by atoms with Crippen LogP contribution >= 0.6 is 11.6 Å². The molecule has 0 bridgehead atoms. The molecule has 1 aliphatic carbocycles. The molecule has 0 aromatic heterocycles. The average Bonchev–Trinajstić information content (AvgIpc) is 2.47. The summed E-state index contributed by atoms with van der Waals surface area (Å²) in [4.78, 5) is 0. The zero-order valence-electron chi connectivity index (χ0n) is 7.26. The third-order valence-corrected chi connectivity index (χ3v) is 2.83. The molecule has 0 amide bonds. The molecule has 70 valence electrons. The van der Waals surface area contributed by atoms with E-state index in [0.29, 0.717) is 5.02 Å². The summed E-state index contributed by atoms with van der Waals surface area (Å²) >= 11 is 5.91. The van der Waals surface area contributed by atoms with E-state index in [1.165, 1.54) is 5.56 Å². The molecule has 3 N–H and O–H groups in total. The first-order valence-electron chi connectivity index (χ1n) is 4.40. The molecule has 1 aliphatic rings. The standard InChI is InChI=1S/C10H12ClNO/c11-7-3-6(5-13)8-1-2-10(12)9(8)4-7/h3-4,10,13H,1-2,5,12H2/t10-/m1/s1. The Balaban J connectivity index is 2.56. The molecule has 3 heteroatoms. The van der Waals surface area contributed by atoms with Crippen molar-refractivity contribution in [2.75, 3.05) is 0 Å². The van der Waals surface area contributed by atoms with Crippen LogP contribution in [-0.4, -0.2) is 5.11 Å². The fraction of sp³-hybridized carbons (Fsp3) is 0.400. The molecule has 2 rings (SSSR count). The predicted octanol–water partition coefficient (Wildman–Crippen LogP) is 1.78. The van der Waals surface area contributed by atoms with Crippen molar-refractivity contribution in [3.05, 3.63) is 33.8 Å². The van der Waals surface area contributed by atoms with E-state index in [1.54, 1.807) is 0 Å². The van der Waals surface area contributed by atoms with Gasteiger partial charge in [0.25, 0.3) is 0 Å². The van der Waals surface area contributed by atoms with Gasteiger partial charge in [-0.15, -0.1) is 0 Å². The Kier molecular flexibility index (Phi) is 2.28. The van der Waals surface area contributed by atoms with E-state index in [0.717, 1.165) is 24.0 Å². The van der Waals surface area contributed by atoms with E-state index >= 15 is 0 Å². The zero-order valence-corrected chi connectivity index (χ0v) is 8.01. The number of hydrogen-bond donors (Lipinski definition) is 2. The molecule has 0 radical (unpaired) electrons. The molecule has 0 fully saturated rings. The van der Waals surface area contributed by atoms with E-state index in [1.807, 2.05) is 12.1 Å². The number of aliphatic hydroxyl groups excluding tert-OH is 1. The van der Waals surface area contributed by atoms with Crippen molar-refractivity contribution in [2.24, 2.45) is 5.73 Å². The minimum absolute atomic E-state index is 0.0512. The van der Waals surface area contributed by atoms with E-state index in [-0.39, 0.29) is 12.6 Å². The highest BCUT2D eigenvalue weighted by atomic mass is 35.5. The summed E-state index contributed by atoms with van der Waals surface area (Å²) in [6, 6.07) is 3.82. The molecule has 13 heavy (non-hydrogen) atoms. The minimum Gasteiger partial charge on any atom is -0.392 e. The van der Waals surface area contributed by atoms with Crippen LogP contribution in [0, 0.1) is 0 Å². The van der Waals surface area contributed by atoms with E-state index in [2.05, 4.69) is 0 Å². The van der Waals surface area contributed by atoms with Gasteiger partial charge in [-0.05, 0) is 41.7 Å². The van der Waals surface area contributed by atoms with E-state index in [9.17, 15) is 0 Å². The Hall–Kier alpha value is -0.570. The van der Waals surface area contributed by atoms with Crippen molar-refractivity contribution in [3.8, 4) is 0 Å². The Morgan fingerprint density at radius 1 is 1.54 bits per heavy atom. The second kappa shape index (κ2) is 3.29. The molecular weight excluding hydrogens is 186 g/mol. The second-order valence-corrected chi connectivity index (χ2v) is 3.87. The molecular formula is C10H12ClNO. The molecule has 0 unspecified atom stereocenters. The van der Waals surface area contributed by atoms with E-state index < -0.39 is 0 Å². The number of fused-ring (bicyclic) bond motifs is 1. The Bertz CT molecular complexity index is 338. The summed E-state index contributed by atoms with van der Waals surface area (Å²) in [6.07, 6.45) is 1.92. The Morgan fingerprint density at radius 3 is 3.00 bits per heavy atom. The van der Waals surface area contributed by atoms with Crippen molar-refractivity contribution >= 4 is 11.6 Å². The molecule has 2 nitrogen and oxygen atoms in total. The maximum atomic E-state index is 9.11. The van der Waals surface area contributed by atoms with Gasteiger partial charge in [0.2, 0.25) is 0 Å². The monoisotopic (exact) mass is 197 g/mol. The van der Waals surface area contributed by atoms with E-state index in [4.69, 9.17) is 22.4 Å². The third kappa shape index (κ3) is 1.46. The van der Waals surface area contributed by atoms with Crippen LogP contribution in [0.4, 0.5) is 0 Å². The van der Waals surface area contributed by atoms with Crippen LogP contribution in [-0.2, 0) is 13.0 Å². The highest BCUT2D eigenvalue weighted by Gasteiger charge is 2.21. The summed E-state index contributed by atoms with van der Waals surface area (Å²) < 4.78 is 0. The molecule has 0 heterocycles. The largest absolute Gasteiger partial charge is 0.392 e. The highest BCUT2D eigenvalue weighted by Crippen LogP contribution is 2.34. The average molecular weight is 198 g/mol. The normalized spacial score (nSPS) is 20.4. The van der Waals surface area contributed by atoms with Gasteiger partial charge < -0.3 is 10.8 Å². The summed E-state index contributed by atoms with van der Waals surface area (Å²) in [6.45, 7) is 0.0512. The van der Waals surface area contributed by atoms with Crippen LogP contribution in [0.15, 0.2) is 12.1 Å². The minimum atomic E-state index is 0.0512. The second-order valence-electron chi connectivity index (χ2n) is 3.44. The van der Waals surface area contributed by atoms with Crippen LogP contribution in [0.2, 0.25) is 5.02 Å². The number of nitrogens with two attached hydrogens (primary N) is 1. The van der Waals surface area contributed by atoms with Crippen molar-refractivity contribution < 1.29 is 5.11 Å². The maximum Gasteiger partial charge on any atom is 0.0685 e. The molecule has 0 spiro atoms. The summed E-state index contributed by atoms with van der Waals surface area (Å²) in [5.41, 5.74) is 9.13. The first-order chi connectivity index (χ1) is 6.22. The van der Waals surface area contributed by atoms with Crippen LogP contribution in [0.3, 0.4) is 0 Å². The lowest BCUT2D eigenvalue weighted by Gasteiger charge is -2.08. The summed E-state index contributed by atoms with van der Waals surface area (Å²) in [7, 11) is 0. The smallest absolute Gasteiger partial charge is 0.0685 e. The van der Waals surface area contributed by atoms with Gasteiger partial charge in [0.05, 0.1) is 6.61 Å². The lowest BCUT2D eigenvalue weighted by molar-refractivity contribution is 0.280. The molecule has 0 saturated carbocycles. The van der Waals surface area contributed by atoms with Crippen LogP contribution in [0.25, 0.3) is 0 Å². The SMILES string of the molecule is N[C@@H]1CCc2c(CO)cc(Cl)cc21. The molecule has 1 aromatic rings. The number of aliphatic hydroxyl groups is 1. The van der Waals surface area contributed by atoms with Gasteiger partial charge in [0, 0.05) is 11.1 Å². The maximum absolute atomic E-state index is 9.11. The fourth-order valence-corrected chi connectivity index (χ4v) is 2.20. The molecule has 0 saturated heterocycles. The van der Waals surface area contributed by atoms with Gasteiger partial charge in [-0.2, -0.15) is 0 Å². The number of halogens is 1. The van der Waals surface area contributed by atoms with Crippen molar-refractivity contribution in [1.82, 2.24) is 0 Å². The van der Waals surface area contributed by atoms with Gasteiger partial charge in [0.1, 0.15) is 0 Å². The van der Waals surface area contributed by atoms with Crippen LogP contribution < -0.4 is 5.73 Å². The quantitative estimate of drug-likeness (QED) is 0.721. The fourth-order valence-electron chi connectivity index (χ4n) is 1.95. The Morgan fingerprint density at radius 2 is 2.31 bits per heavy atom. The topological polar surface area (TPSA) is 46.2 Å². The van der Waals surface area contributed by atoms with Gasteiger partial charge in [0.15, 0.2) is 0 Å². The lowest BCUT2D eigenvalue weighted by Crippen LogP contribution is -2.05. The lowest BCUT2D eigenvalue weighted by atomic mass is 10.0. The van der Waals surface area contributed by atoms with Gasteiger partial charge in [-0.25, -0.2) is 0 Å². The Labute approximate surface area is 82.3 Å². The molecule has 0 aliphatic heterocycles. The summed E-state index contributed by atoms with van der Waals surface area (Å²) in [5.74, 6) is 0. The zero-order chi connectivity index (χ0) is 9.42. The van der Waals surface area contributed by atoms with Crippen molar-refractivity contribution in [1.29, 1.82) is 0 Å².